The molecule has 134 valence electrons. The van der Waals surface area contributed by atoms with Gasteiger partial charge in [-0.1, -0.05) is 19.1 Å². The summed E-state index contributed by atoms with van der Waals surface area (Å²) in [5, 5.41) is 3.08. The van der Waals surface area contributed by atoms with Gasteiger partial charge in [0.2, 0.25) is 5.91 Å². The van der Waals surface area contributed by atoms with Gasteiger partial charge in [0.15, 0.2) is 0 Å². The molecule has 25 heavy (non-hydrogen) atoms. The number of hydrogen-bond acceptors (Lipinski definition) is 3. The maximum absolute atomic E-state index is 13.1. The van der Waals surface area contributed by atoms with Crippen molar-refractivity contribution in [3.05, 3.63) is 59.8 Å². The van der Waals surface area contributed by atoms with Crippen molar-refractivity contribution in [1.82, 2.24) is 10.2 Å². The quantitative estimate of drug-likeness (QED) is 0.829. The number of halogens is 1. The lowest BCUT2D eigenvalue weighted by Crippen LogP contribution is -2.38. The van der Waals surface area contributed by atoms with Gasteiger partial charge in [0.1, 0.15) is 11.6 Å². The highest BCUT2D eigenvalue weighted by atomic mass is 19.1. The van der Waals surface area contributed by atoms with Gasteiger partial charge in [0.05, 0.1) is 18.2 Å². The van der Waals surface area contributed by atoms with E-state index in [1.807, 2.05) is 19.1 Å². The Bertz CT molecular complexity index is 664. The summed E-state index contributed by atoms with van der Waals surface area (Å²) >= 11 is 0. The molecule has 2 unspecified atom stereocenters. The van der Waals surface area contributed by atoms with Crippen molar-refractivity contribution in [3.8, 4) is 0 Å². The molecule has 1 amide bonds. The Kier molecular flexibility index (Phi) is 5.87. The third kappa shape index (κ3) is 4.28. The van der Waals surface area contributed by atoms with Crippen molar-refractivity contribution in [2.24, 2.45) is 0 Å². The normalized spacial score (nSPS) is 17.4. The monoisotopic (exact) mass is 344 g/mol. The van der Waals surface area contributed by atoms with E-state index in [9.17, 15) is 9.18 Å². The molecule has 1 aliphatic heterocycles. The molecule has 1 aromatic carbocycles. The zero-order chi connectivity index (χ0) is 17.6. The molecule has 0 radical (unpaired) electrons. The Morgan fingerprint density at radius 2 is 1.96 bits per heavy atom. The van der Waals surface area contributed by atoms with Crippen LogP contribution in [-0.4, -0.2) is 30.4 Å². The maximum atomic E-state index is 13.1. The van der Waals surface area contributed by atoms with Crippen molar-refractivity contribution in [3.63, 3.8) is 0 Å². The van der Waals surface area contributed by atoms with Crippen LogP contribution in [0, 0.1) is 5.82 Å². The molecule has 4 nitrogen and oxygen atoms in total. The van der Waals surface area contributed by atoms with Gasteiger partial charge in [-0.15, -0.1) is 0 Å². The SMILES string of the molecule is CCC(C(=O)NCC(c1ccco1)N1CCCC1)c1ccc(F)cc1. The molecule has 2 heterocycles. The molecule has 1 fully saturated rings. The summed E-state index contributed by atoms with van der Waals surface area (Å²) in [5.74, 6) is 0.309. The lowest BCUT2D eigenvalue weighted by Gasteiger charge is -2.27. The van der Waals surface area contributed by atoms with Crippen molar-refractivity contribution in [2.75, 3.05) is 19.6 Å². The van der Waals surface area contributed by atoms with Crippen LogP contribution in [0.1, 0.15) is 49.5 Å². The van der Waals surface area contributed by atoms with E-state index in [2.05, 4.69) is 10.2 Å². The van der Waals surface area contributed by atoms with Gasteiger partial charge in [-0.3, -0.25) is 9.69 Å². The summed E-state index contributed by atoms with van der Waals surface area (Å²) in [6.45, 7) is 4.54. The van der Waals surface area contributed by atoms with E-state index in [-0.39, 0.29) is 23.7 Å². The number of carbonyl (C=O) groups is 1. The van der Waals surface area contributed by atoms with Crippen molar-refractivity contribution >= 4 is 5.91 Å². The van der Waals surface area contributed by atoms with E-state index in [4.69, 9.17) is 4.42 Å². The minimum Gasteiger partial charge on any atom is -0.468 e. The van der Waals surface area contributed by atoms with Crippen LogP contribution in [0.4, 0.5) is 4.39 Å². The van der Waals surface area contributed by atoms with Crippen LogP contribution in [-0.2, 0) is 4.79 Å². The lowest BCUT2D eigenvalue weighted by molar-refractivity contribution is -0.122. The number of amides is 1. The van der Waals surface area contributed by atoms with E-state index in [0.29, 0.717) is 13.0 Å². The molecule has 0 bridgehead atoms. The van der Waals surface area contributed by atoms with Crippen LogP contribution in [0.5, 0.6) is 0 Å². The van der Waals surface area contributed by atoms with Crippen LogP contribution >= 0.6 is 0 Å². The van der Waals surface area contributed by atoms with E-state index in [1.54, 1.807) is 18.4 Å². The predicted octanol–water partition coefficient (Wildman–Crippen LogP) is 3.87. The summed E-state index contributed by atoms with van der Waals surface area (Å²) in [6, 6.07) is 10.1. The minimum absolute atomic E-state index is 0.0233. The van der Waals surface area contributed by atoms with Crippen LogP contribution in [0.3, 0.4) is 0 Å². The molecular weight excluding hydrogens is 319 g/mol. The molecule has 0 aliphatic carbocycles. The zero-order valence-corrected chi connectivity index (χ0v) is 14.6. The van der Waals surface area contributed by atoms with Gasteiger partial charge in [-0.25, -0.2) is 4.39 Å². The third-order valence-electron chi connectivity index (χ3n) is 4.92. The Morgan fingerprint density at radius 1 is 1.24 bits per heavy atom. The van der Waals surface area contributed by atoms with E-state index in [1.165, 1.54) is 25.0 Å². The van der Waals surface area contributed by atoms with Crippen molar-refractivity contribution in [1.29, 1.82) is 0 Å². The second-order valence-electron chi connectivity index (χ2n) is 6.53. The number of carbonyl (C=O) groups excluding carboxylic acids is 1. The maximum Gasteiger partial charge on any atom is 0.227 e. The summed E-state index contributed by atoms with van der Waals surface area (Å²) in [7, 11) is 0. The van der Waals surface area contributed by atoms with Crippen LogP contribution in [0.25, 0.3) is 0 Å². The van der Waals surface area contributed by atoms with Gasteiger partial charge >= 0.3 is 0 Å². The molecule has 2 atom stereocenters. The Labute approximate surface area is 148 Å². The first-order valence-electron chi connectivity index (χ1n) is 8.99. The number of rotatable bonds is 7. The number of likely N-dealkylation sites (tertiary alicyclic amines) is 1. The Morgan fingerprint density at radius 3 is 2.56 bits per heavy atom. The van der Waals surface area contributed by atoms with Gasteiger partial charge in [0, 0.05) is 6.54 Å². The Hall–Kier alpha value is -2.14. The first-order chi connectivity index (χ1) is 12.2. The highest BCUT2D eigenvalue weighted by molar-refractivity contribution is 5.83. The molecule has 1 aromatic heterocycles. The first kappa shape index (κ1) is 17.7. The summed E-state index contributed by atoms with van der Waals surface area (Å²) < 4.78 is 18.7. The number of nitrogens with one attached hydrogen (secondary N) is 1. The third-order valence-corrected chi connectivity index (χ3v) is 4.92. The fraction of sp³-hybridized carbons (Fsp3) is 0.450. The fourth-order valence-corrected chi connectivity index (χ4v) is 3.53. The van der Waals surface area contributed by atoms with E-state index in [0.717, 1.165) is 24.4 Å². The molecule has 1 aliphatic rings. The average Bonchev–Trinajstić information content (AvgIpc) is 3.32. The molecule has 3 rings (SSSR count). The van der Waals surface area contributed by atoms with Crippen LogP contribution < -0.4 is 5.32 Å². The molecule has 1 saturated heterocycles. The van der Waals surface area contributed by atoms with Gasteiger partial charge in [-0.05, 0) is 62.2 Å². The molecule has 0 spiro atoms. The van der Waals surface area contributed by atoms with Gasteiger partial charge in [0.25, 0.3) is 0 Å². The second kappa shape index (κ2) is 8.30. The Balaban J connectivity index is 1.66. The highest BCUT2D eigenvalue weighted by Gasteiger charge is 2.27. The zero-order valence-electron chi connectivity index (χ0n) is 14.6. The van der Waals surface area contributed by atoms with Gasteiger partial charge < -0.3 is 9.73 Å². The lowest BCUT2D eigenvalue weighted by atomic mass is 9.95. The number of benzene rings is 1. The van der Waals surface area contributed by atoms with Gasteiger partial charge in [-0.2, -0.15) is 0 Å². The summed E-state index contributed by atoms with van der Waals surface area (Å²) in [6.07, 6.45) is 4.71. The number of hydrogen-bond donors (Lipinski definition) is 1. The van der Waals surface area contributed by atoms with Crippen molar-refractivity contribution < 1.29 is 13.6 Å². The summed E-state index contributed by atoms with van der Waals surface area (Å²) in [4.78, 5) is 15.1. The molecule has 2 aromatic rings. The molecular formula is C20H25FN2O2. The standard InChI is InChI=1S/C20H25FN2O2/c1-2-17(15-7-9-16(21)10-8-15)20(24)22-14-18(19-6-5-13-25-19)23-11-3-4-12-23/h5-10,13,17-18H,2-4,11-12,14H2,1H3,(H,22,24). The average molecular weight is 344 g/mol. The van der Waals surface area contributed by atoms with E-state index >= 15 is 0 Å². The summed E-state index contributed by atoms with van der Waals surface area (Å²) in [5.41, 5.74) is 0.845. The molecule has 5 heteroatoms. The van der Waals surface area contributed by atoms with E-state index < -0.39 is 0 Å². The number of nitrogens with zero attached hydrogens (tertiary/aromatic N) is 1. The number of furan rings is 1. The highest BCUT2D eigenvalue weighted by Crippen LogP contribution is 2.26. The smallest absolute Gasteiger partial charge is 0.227 e. The van der Waals surface area contributed by atoms with Crippen LogP contribution in [0.15, 0.2) is 47.1 Å². The topological polar surface area (TPSA) is 45.5 Å². The molecule has 1 N–H and O–H groups in total. The fourth-order valence-electron chi connectivity index (χ4n) is 3.53. The first-order valence-corrected chi connectivity index (χ1v) is 8.99. The second-order valence-corrected chi connectivity index (χ2v) is 6.53. The largest absolute Gasteiger partial charge is 0.468 e. The van der Waals surface area contributed by atoms with Crippen LogP contribution in [0.2, 0.25) is 0 Å². The predicted molar refractivity (Wildman–Crippen MR) is 94.7 cm³/mol. The minimum atomic E-state index is -0.286. The molecule has 0 saturated carbocycles. The van der Waals surface area contributed by atoms with Crippen molar-refractivity contribution in [2.45, 2.75) is 38.1 Å².